The fourth-order valence-corrected chi connectivity index (χ4v) is 4.07. The third-order valence-corrected chi connectivity index (χ3v) is 5.81. The Morgan fingerprint density at radius 1 is 1.17 bits per heavy atom. The average Bonchev–Trinajstić information content (AvgIpc) is 3.16. The number of guanidine groups is 1. The lowest BCUT2D eigenvalue weighted by atomic mass is 10.0. The molecule has 1 aromatic carbocycles. The van der Waals surface area contributed by atoms with Gasteiger partial charge in [0.05, 0.1) is 19.7 Å². The van der Waals surface area contributed by atoms with Gasteiger partial charge in [-0.25, -0.2) is 0 Å². The van der Waals surface area contributed by atoms with Crippen LogP contribution in [0.1, 0.15) is 36.6 Å². The van der Waals surface area contributed by atoms with E-state index in [1.165, 1.54) is 30.5 Å². The highest BCUT2D eigenvalue weighted by atomic mass is 127. The number of hydrogen-bond acceptors (Lipinski definition) is 3. The molecule has 0 bridgehead atoms. The van der Waals surface area contributed by atoms with E-state index < -0.39 is 0 Å². The summed E-state index contributed by atoms with van der Waals surface area (Å²) in [6.07, 6.45) is 5.96. The van der Waals surface area contributed by atoms with Crippen LogP contribution in [0.5, 0.6) is 5.75 Å². The second kappa shape index (κ2) is 12.2. The van der Waals surface area contributed by atoms with E-state index in [0.29, 0.717) is 6.04 Å². The molecule has 1 saturated heterocycles. The Balaban J connectivity index is 0.00000320. The molecule has 2 aromatic rings. The van der Waals surface area contributed by atoms with Crippen molar-refractivity contribution in [2.45, 2.75) is 31.8 Å². The molecular weight excluding hydrogens is 489 g/mol. The smallest absolute Gasteiger partial charge is 0.193 e. The Kier molecular flexibility index (Phi) is 9.97. The highest BCUT2D eigenvalue weighted by molar-refractivity contribution is 14.0. The molecule has 0 spiro atoms. The molecule has 1 aromatic heterocycles. The molecule has 7 heteroatoms. The van der Waals surface area contributed by atoms with Crippen molar-refractivity contribution < 1.29 is 4.74 Å². The van der Waals surface area contributed by atoms with Crippen molar-refractivity contribution in [1.82, 2.24) is 19.7 Å². The van der Waals surface area contributed by atoms with Crippen LogP contribution in [0.15, 0.2) is 47.6 Å². The first-order valence-corrected chi connectivity index (χ1v) is 10.5. The third kappa shape index (κ3) is 6.38. The minimum atomic E-state index is 0. The molecular formula is C23H36IN5O. The summed E-state index contributed by atoms with van der Waals surface area (Å²) in [6.45, 7) is 3.95. The number of nitrogens with zero attached hydrogens (tertiary/aromatic N) is 4. The van der Waals surface area contributed by atoms with Crippen molar-refractivity contribution in [3.8, 4) is 5.75 Å². The fourth-order valence-electron chi connectivity index (χ4n) is 4.07. The summed E-state index contributed by atoms with van der Waals surface area (Å²) in [7, 11) is 7.74. The largest absolute Gasteiger partial charge is 0.497 e. The van der Waals surface area contributed by atoms with Gasteiger partial charge < -0.3 is 19.5 Å². The molecule has 1 aliphatic rings. The number of methoxy groups -OCH3 is 1. The predicted octanol–water partition coefficient (Wildman–Crippen LogP) is 3.89. The number of aliphatic imine (C=N–C) groups is 1. The molecule has 1 N–H and O–H groups in total. The number of nitrogens with one attached hydrogen (secondary N) is 1. The SMILES string of the molecule is CN=C(NCC(c1ccc(OC)cc1)N1CCCCC1)N(C)Cc1cccn1C.I. The van der Waals surface area contributed by atoms with Crippen LogP contribution in [0.2, 0.25) is 0 Å². The molecule has 6 nitrogen and oxygen atoms in total. The van der Waals surface area contributed by atoms with E-state index in [4.69, 9.17) is 4.74 Å². The number of aromatic nitrogens is 1. The van der Waals surface area contributed by atoms with Crippen LogP contribution in [-0.4, -0.2) is 61.2 Å². The normalized spacial score (nSPS) is 15.9. The van der Waals surface area contributed by atoms with E-state index in [1.54, 1.807) is 7.11 Å². The molecule has 1 atom stereocenters. The molecule has 1 aliphatic heterocycles. The minimum Gasteiger partial charge on any atom is -0.497 e. The van der Waals surface area contributed by atoms with Gasteiger partial charge in [0.1, 0.15) is 5.75 Å². The van der Waals surface area contributed by atoms with Crippen LogP contribution in [0.25, 0.3) is 0 Å². The summed E-state index contributed by atoms with van der Waals surface area (Å²) in [5.74, 6) is 1.82. The maximum Gasteiger partial charge on any atom is 0.193 e. The Hall–Kier alpha value is -1.74. The number of piperidine rings is 1. The van der Waals surface area contributed by atoms with E-state index in [2.05, 4.69) is 81.4 Å². The predicted molar refractivity (Wildman–Crippen MR) is 135 cm³/mol. The topological polar surface area (TPSA) is 45.0 Å². The molecule has 0 aliphatic carbocycles. The molecule has 1 unspecified atom stereocenters. The van der Waals surface area contributed by atoms with Gasteiger partial charge in [0.15, 0.2) is 5.96 Å². The maximum absolute atomic E-state index is 5.34. The van der Waals surface area contributed by atoms with Gasteiger partial charge >= 0.3 is 0 Å². The van der Waals surface area contributed by atoms with Crippen LogP contribution in [-0.2, 0) is 13.6 Å². The zero-order valence-corrected chi connectivity index (χ0v) is 21.0. The van der Waals surface area contributed by atoms with E-state index in [0.717, 1.165) is 37.9 Å². The number of benzene rings is 1. The Bertz CT molecular complexity index is 783. The lowest BCUT2D eigenvalue weighted by molar-refractivity contribution is 0.163. The molecule has 30 heavy (non-hydrogen) atoms. The van der Waals surface area contributed by atoms with E-state index in [9.17, 15) is 0 Å². The number of likely N-dealkylation sites (tertiary alicyclic amines) is 1. The zero-order chi connectivity index (χ0) is 20.6. The van der Waals surface area contributed by atoms with Crippen molar-refractivity contribution in [2.75, 3.05) is 40.8 Å². The standard InChI is InChI=1S/C23H35N5O.HI/c1-24-23(27(3)18-20-9-8-14-26(20)2)25-17-22(28-15-6-5-7-16-28)19-10-12-21(29-4)13-11-19;/h8-14,22H,5-7,15-18H2,1-4H3,(H,24,25);1H. The van der Waals surface area contributed by atoms with Gasteiger partial charge in [0, 0.05) is 39.6 Å². The first-order chi connectivity index (χ1) is 14.1. The van der Waals surface area contributed by atoms with Crippen molar-refractivity contribution in [3.63, 3.8) is 0 Å². The van der Waals surface area contributed by atoms with Crippen LogP contribution in [0, 0.1) is 0 Å². The second-order valence-electron chi connectivity index (χ2n) is 7.78. The molecule has 0 amide bonds. The minimum absolute atomic E-state index is 0. The summed E-state index contributed by atoms with van der Waals surface area (Å²) < 4.78 is 7.49. The summed E-state index contributed by atoms with van der Waals surface area (Å²) in [6, 6.07) is 13.0. The highest BCUT2D eigenvalue weighted by Crippen LogP contribution is 2.26. The lowest BCUT2D eigenvalue weighted by Crippen LogP contribution is -2.45. The molecule has 0 saturated carbocycles. The number of aryl methyl sites for hydroxylation is 1. The van der Waals surface area contributed by atoms with Gasteiger partial charge in [-0.1, -0.05) is 18.6 Å². The fraction of sp³-hybridized carbons (Fsp3) is 0.522. The van der Waals surface area contributed by atoms with Gasteiger partial charge in [0.2, 0.25) is 0 Å². The summed E-state index contributed by atoms with van der Waals surface area (Å²) in [5.41, 5.74) is 2.58. The lowest BCUT2D eigenvalue weighted by Gasteiger charge is -2.36. The summed E-state index contributed by atoms with van der Waals surface area (Å²) in [5, 5.41) is 3.62. The van der Waals surface area contributed by atoms with Crippen LogP contribution in [0.3, 0.4) is 0 Å². The van der Waals surface area contributed by atoms with Gasteiger partial charge in [-0.15, -0.1) is 24.0 Å². The van der Waals surface area contributed by atoms with Crippen molar-refractivity contribution >= 4 is 29.9 Å². The third-order valence-electron chi connectivity index (χ3n) is 5.81. The zero-order valence-electron chi connectivity index (χ0n) is 18.7. The van der Waals surface area contributed by atoms with Gasteiger partial charge in [-0.2, -0.15) is 0 Å². The monoisotopic (exact) mass is 525 g/mol. The van der Waals surface area contributed by atoms with Gasteiger partial charge in [-0.05, 0) is 55.8 Å². The molecule has 3 rings (SSSR count). The summed E-state index contributed by atoms with van der Waals surface area (Å²) >= 11 is 0. The maximum atomic E-state index is 5.34. The average molecular weight is 525 g/mol. The van der Waals surface area contributed by atoms with Gasteiger partial charge in [-0.3, -0.25) is 9.89 Å². The number of rotatable bonds is 7. The molecule has 0 radical (unpaired) electrons. The van der Waals surface area contributed by atoms with Crippen LogP contribution in [0.4, 0.5) is 0 Å². The Morgan fingerprint density at radius 2 is 1.87 bits per heavy atom. The number of halogens is 1. The Morgan fingerprint density at radius 3 is 2.43 bits per heavy atom. The molecule has 166 valence electrons. The van der Waals surface area contributed by atoms with Crippen LogP contribution >= 0.6 is 24.0 Å². The quantitative estimate of drug-likeness (QED) is 0.339. The Labute approximate surface area is 198 Å². The number of ether oxygens (including phenoxy) is 1. The first-order valence-electron chi connectivity index (χ1n) is 10.5. The van der Waals surface area contributed by atoms with Crippen LogP contribution < -0.4 is 10.1 Å². The van der Waals surface area contributed by atoms with E-state index in [1.807, 2.05) is 7.05 Å². The first kappa shape index (κ1) is 24.5. The van der Waals surface area contributed by atoms with Crippen molar-refractivity contribution in [2.24, 2.45) is 12.0 Å². The van der Waals surface area contributed by atoms with E-state index >= 15 is 0 Å². The van der Waals surface area contributed by atoms with Gasteiger partial charge in [0.25, 0.3) is 0 Å². The van der Waals surface area contributed by atoms with E-state index in [-0.39, 0.29) is 24.0 Å². The van der Waals surface area contributed by atoms with Crippen molar-refractivity contribution in [1.29, 1.82) is 0 Å². The molecule has 1 fully saturated rings. The molecule has 2 heterocycles. The number of hydrogen-bond donors (Lipinski definition) is 1. The summed E-state index contributed by atoms with van der Waals surface area (Å²) in [4.78, 5) is 9.30. The van der Waals surface area contributed by atoms with Crippen molar-refractivity contribution in [3.05, 3.63) is 53.9 Å². The second-order valence-corrected chi connectivity index (χ2v) is 7.78. The highest BCUT2D eigenvalue weighted by Gasteiger charge is 2.23.